The van der Waals surface area contributed by atoms with Gasteiger partial charge in [0.2, 0.25) is 0 Å². The van der Waals surface area contributed by atoms with E-state index in [-0.39, 0.29) is 22.7 Å². The quantitative estimate of drug-likeness (QED) is 0.629. The molecule has 0 bridgehead atoms. The van der Waals surface area contributed by atoms with Crippen LogP contribution < -0.4 is 9.47 Å². The maximum Gasteiger partial charge on any atom is 0.314 e. The van der Waals surface area contributed by atoms with E-state index in [0.29, 0.717) is 11.3 Å². The number of carbonyl (C=O) groups is 1. The summed E-state index contributed by atoms with van der Waals surface area (Å²) in [5, 5.41) is 9.07. The number of carbonyl (C=O) groups excluding carboxylic acids is 1. The van der Waals surface area contributed by atoms with Crippen molar-refractivity contribution < 1.29 is 14.3 Å². The Morgan fingerprint density at radius 2 is 2.11 bits per heavy atom. The Hall–Kier alpha value is -1.73. The third kappa shape index (κ3) is 2.99. The zero-order valence-corrected chi connectivity index (χ0v) is 11.4. The Balaban J connectivity index is 2.24. The molecule has 19 heavy (non-hydrogen) atoms. The normalized spacial score (nSPS) is 15.0. The van der Waals surface area contributed by atoms with Gasteiger partial charge in [0.15, 0.2) is 11.5 Å². The van der Waals surface area contributed by atoms with Gasteiger partial charge in [0.25, 0.3) is 0 Å². The van der Waals surface area contributed by atoms with E-state index in [1.54, 1.807) is 0 Å². The smallest absolute Gasteiger partial charge is 0.314 e. The predicted molar refractivity (Wildman–Crippen MR) is 70.3 cm³/mol. The summed E-state index contributed by atoms with van der Waals surface area (Å²) >= 11 is 6.03. The van der Waals surface area contributed by atoms with Crippen LogP contribution >= 0.6 is 11.6 Å². The first kappa shape index (κ1) is 13.7. The molecule has 4 nitrogen and oxygen atoms in total. The first-order chi connectivity index (χ1) is 9.15. The van der Waals surface area contributed by atoms with E-state index in [2.05, 4.69) is 0 Å². The van der Waals surface area contributed by atoms with Gasteiger partial charge in [0, 0.05) is 6.07 Å². The fraction of sp³-hybridized carbons (Fsp3) is 0.429. The summed E-state index contributed by atoms with van der Waals surface area (Å²) in [6.07, 6.45) is 3.82. The maximum atomic E-state index is 12.0. The van der Waals surface area contributed by atoms with Crippen LogP contribution in [0.25, 0.3) is 0 Å². The highest BCUT2D eigenvalue weighted by Gasteiger charge is 2.26. The van der Waals surface area contributed by atoms with Gasteiger partial charge in [-0.2, -0.15) is 5.26 Å². The van der Waals surface area contributed by atoms with E-state index in [9.17, 15) is 4.79 Å². The lowest BCUT2D eigenvalue weighted by atomic mass is 10.1. The van der Waals surface area contributed by atoms with E-state index >= 15 is 0 Å². The van der Waals surface area contributed by atoms with Crippen molar-refractivity contribution in [2.75, 3.05) is 7.11 Å². The van der Waals surface area contributed by atoms with Gasteiger partial charge in [-0.1, -0.05) is 24.4 Å². The molecule has 2 rings (SSSR count). The third-order valence-electron chi connectivity index (χ3n) is 3.25. The summed E-state index contributed by atoms with van der Waals surface area (Å²) in [7, 11) is 1.44. The Morgan fingerprint density at radius 1 is 1.42 bits per heavy atom. The average molecular weight is 280 g/mol. The molecule has 1 aliphatic carbocycles. The van der Waals surface area contributed by atoms with Gasteiger partial charge in [0.1, 0.15) is 0 Å². The topological polar surface area (TPSA) is 59.3 Å². The molecule has 5 heteroatoms. The van der Waals surface area contributed by atoms with E-state index in [1.807, 2.05) is 6.07 Å². The van der Waals surface area contributed by atoms with Gasteiger partial charge in [-0.05, 0) is 18.9 Å². The zero-order valence-electron chi connectivity index (χ0n) is 10.6. The largest absolute Gasteiger partial charge is 0.493 e. The molecule has 1 saturated carbocycles. The summed E-state index contributed by atoms with van der Waals surface area (Å²) in [6.45, 7) is 0. The number of hydrogen-bond acceptors (Lipinski definition) is 4. The molecular formula is C14H14ClNO3. The van der Waals surface area contributed by atoms with Crippen LogP contribution in [0.1, 0.15) is 31.2 Å². The van der Waals surface area contributed by atoms with Crippen LogP contribution in [0.3, 0.4) is 0 Å². The van der Waals surface area contributed by atoms with Crippen molar-refractivity contribution in [3.63, 3.8) is 0 Å². The lowest BCUT2D eigenvalue weighted by molar-refractivity contribution is -0.138. The third-order valence-corrected chi connectivity index (χ3v) is 3.53. The van der Waals surface area contributed by atoms with Crippen molar-refractivity contribution in [1.29, 1.82) is 5.26 Å². The SMILES string of the molecule is COc1cc(C#N)cc(Cl)c1OC(=O)C1CCCC1. The standard InChI is InChI=1S/C14H14ClNO3/c1-18-12-7-9(8-16)6-11(15)13(12)19-14(17)10-4-2-3-5-10/h6-7,10H,2-5H2,1H3. The monoisotopic (exact) mass is 279 g/mol. The van der Waals surface area contributed by atoms with Crippen LogP contribution in [0.4, 0.5) is 0 Å². The van der Waals surface area contributed by atoms with Crippen molar-refractivity contribution >= 4 is 17.6 Å². The van der Waals surface area contributed by atoms with Gasteiger partial charge in [-0.25, -0.2) is 0 Å². The number of halogens is 1. The zero-order chi connectivity index (χ0) is 13.8. The van der Waals surface area contributed by atoms with E-state index in [4.69, 9.17) is 26.3 Å². The molecule has 1 aromatic rings. The summed E-state index contributed by atoms with van der Waals surface area (Å²) < 4.78 is 10.5. The van der Waals surface area contributed by atoms with Crippen LogP contribution in [0.2, 0.25) is 5.02 Å². The van der Waals surface area contributed by atoms with Crippen molar-refractivity contribution in [3.8, 4) is 17.6 Å². The van der Waals surface area contributed by atoms with E-state index in [1.165, 1.54) is 19.2 Å². The molecule has 0 saturated heterocycles. The maximum absolute atomic E-state index is 12.0. The number of methoxy groups -OCH3 is 1. The lowest BCUT2D eigenvalue weighted by Crippen LogP contribution is -2.18. The average Bonchev–Trinajstić information content (AvgIpc) is 2.94. The van der Waals surface area contributed by atoms with Crippen molar-refractivity contribution in [1.82, 2.24) is 0 Å². The van der Waals surface area contributed by atoms with E-state index in [0.717, 1.165) is 25.7 Å². The molecule has 0 aliphatic heterocycles. The van der Waals surface area contributed by atoms with Gasteiger partial charge in [-0.3, -0.25) is 4.79 Å². The van der Waals surface area contributed by atoms with Gasteiger partial charge in [-0.15, -0.1) is 0 Å². The highest BCUT2D eigenvalue weighted by molar-refractivity contribution is 6.32. The fourth-order valence-electron chi connectivity index (χ4n) is 2.23. The van der Waals surface area contributed by atoms with Gasteiger partial charge < -0.3 is 9.47 Å². The summed E-state index contributed by atoms with van der Waals surface area (Å²) in [5.74, 6) is 0.161. The summed E-state index contributed by atoms with van der Waals surface area (Å²) in [5.41, 5.74) is 0.363. The second-order valence-corrected chi connectivity index (χ2v) is 4.91. The number of benzene rings is 1. The summed E-state index contributed by atoms with van der Waals surface area (Å²) in [4.78, 5) is 12.0. The van der Waals surface area contributed by atoms with Crippen LogP contribution in [0.15, 0.2) is 12.1 Å². The van der Waals surface area contributed by atoms with Crippen LogP contribution in [0.5, 0.6) is 11.5 Å². The molecule has 0 atom stereocenters. The first-order valence-electron chi connectivity index (χ1n) is 6.15. The molecule has 0 spiro atoms. The molecule has 0 heterocycles. The Labute approximate surface area is 116 Å². The van der Waals surface area contributed by atoms with Gasteiger partial charge in [0.05, 0.1) is 29.7 Å². The highest BCUT2D eigenvalue weighted by atomic mass is 35.5. The van der Waals surface area contributed by atoms with Crippen LogP contribution in [-0.4, -0.2) is 13.1 Å². The predicted octanol–water partition coefficient (Wildman–Crippen LogP) is 3.32. The molecule has 0 N–H and O–H groups in total. The summed E-state index contributed by atoms with van der Waals surface area (Å²) in [6, 6.07) is 4.94. The van der Waals surface area contributed by atoms with E-state index < -0.39 is 0 Å². The second-order valence-electron chi connectivity index (χ2n) is 4.50. The van der Waals surface area contributed by atoms with Crippen LogP contribution in [0, 0.1) is 17.2 Å². The minimum absolute atomic E-state index is 0.0589. The number of nitrogens with zero attached hydrogens (tertiary/aromatic N) is 1. The second kappa shape index (κ2) is 5.94. The Morgan fingerprint density at radius 3 is 2.68 bits per heavy atom. The number of nitriles is 1. The number of hydrogen-bond donors (Lipinski definition) is 0. The molecule has 100 valence electrons. The molecule has 1 fully saturated rings. The Kier molecular flexibility index (Phi) is 4.28. The minimum Gasteiger partial charge on any atom is -0.493 e. The molecule has 1 aromatic carbocycles. The number of ether oxygens (including phenoxy) is 2. The minimum atomic E-state index is -0.276. The Bertz CT molecular complexity index is 530. The first-order valence-corrected chi connectivity index (χ1v) is 6.53. The van der Waals surface area contributed by atoms with Crippen molar-refractivity contribution in [3.05, 3.63) is 22.7 Å². The fourth-order valence-corrected chi connectivity index (χ4v) is 2.48. The van der Waals surface area contributed by atoms with Crippen LogP contribution in [-0.2, 0) is 4.79 Å². The molecule has 1 aliphatic rings. The molecule has 0 radical (unpaired) electrons. The number of rotatable bonds is 3. The van der Waals surface area contributed by atoms with Crippen molar-refractivity contribution in [2.45, 2.75) is 25.7 Å². The number of esters is 1. The van der Waals surface area contributed by atoms with Gasteiger partial charge >= 0.3 is 5.97 Å². The molecular weight excluding hydrogens is 266 g/mol. The lowest BCUT2D eigenvalue weighted by Gasteiger charge is -2.13. The highest BCUT2D eigenvalue weighted by Crippen LogP contribution is 2.37. The molecule has 0 amide bonds. The van der Waals surface area contributed by atoms with Crippen molar-refractivity contribution in [2.24, 2.45) is 5.92 Å². The molecule has 0 aromatic heterocycles. The molecule has 0 unspecified atom stereocenters.